The Morgan fingerprint density at radius 1 is 1.64 bits per heavy atom. The predicted molar refractivity (Wildman–Crippen MR) is 55.0 cm³/mol. The summed E-state index contributed by atoms with van der Waals surface area (Å²) in [5.74, 6) is 1.40. The molecular formula is C9H12ClN3O. The van der Waals surface area contributed by atoms with Crippen molar-refractivity contribution in [3.8, 4) is 5.75 Å². The molecule has 2 heterocycles. The fourth-order valence-electron chi connectivity index (χ4n) is 1.58. The Morgan fingerprint density at radius 3 is 3.14 bits per heavy atom. The molecule has 1 aliphatic rings. The molecule has 4 nitrogen and oxygen atoms in total. The molecule has 0 saturated carbocycles. The molecule has 1 atom stereocenters. The highest BCUT2D eigenvalue weighted by atomic mass is 35.5. The van der Waals surface area contributed by atoms with Crippen LogP contribution in [0.1, 0.15) is 13.8 Å². The lowest BCUT2D eigenvalue weighted by molar-refractivity contribution is 0.210. The van der Waals surface area contributed by atoms with Gasteiger partial charge in [0.25, 0.3) is 0 Å². The van der Waals surface area contributed by atoms with Crippen molar-refractivity contribution in [2.24, 2.45) is 0 Å². The molecule has 2 rings (SSSR count). The lowest BCUT2D eigenvalue weighted by atomic mass is 10.3. The van der Waals surface area contributed by atoms with Crippen molar-refractivity contribution in [3.05, 3.63) is 11.5 Å². The van der Waals surface area contributed by atoms with Crippen LogP contribution in [0.3, 0.4) is 0 Å². The first-order valence-electron chi connectivity index (χ1n) is 4.64. The largest absolute Gasteiger partial charge is 0.482 e. The molecule has 1 aromatic heterocycles. The summed E-state index contributed by atoms with van der Waals surface area (Å²) in [7, 11) is 0. The summed E-state index contributed by atoms with van der Waals surface area (Å²) in [6.07, 6.45) is 1.59. The maximum atomic E-state index is 5.93. The second-order valence-electron chi connectivity index (χ2n) is 3.28. The van der Waals surface area contributed by atoms with Crippen LogP contribution in [-0.2, 0) is 0 Å². The van der Waals surface area contributed by atoms with Gasteiger partial charge in [-0.15, -0.1) is 0 Å². The van der Waals surface area contributed by atoms with Crippen molar-refractivity contribution in [2.75, 3.05) is 18.0 Å². The zero-order chi connectivity index (χ0) is 10.1. The van der Waals surface area contributed by atoms with Gasteiger partial charge in [-0.25, -0.2) is 9.97 Å². The number of nitrogens with zero attached hydrogens (tertiary/aromatic N) is 3. The first kappa shape index (κ1) is 9.52. The van der Waals surface area contributed by atoms with Crippen LogP contribution >= 0.6 is 11.6 Å². The third kappa shape index (κ3) is 1.50. The van der Waals surface area contributed by atoms with Crippen LogP contribution in [0.4, 0.5) is 5.82 Å². The number of fused-ring (bicyclic) bond motifs is 1. The minimum Gasteiger partial charge on any atom is -0.482 e. The molecule has 0 fully saturated rings. The lowest BCUT2D eigenvalue weighted by Gasteiger charge is -2.32. The van der Waals surface area contributed by atoms with Gasteiger partial charge >= 0.3 is 0 Å². The number of hydrogen-bond donors (Lipinski definition) is 0. The Labute approximate surface area is 87.9 Å². The minimum absolute atomic E-state index is 0.131. The topological polar surface area (TPSA) is 38.2 Å². The van der Waals surface area contributed by atoms with Crippen LogP contribution < -0.4 is 9.64 Å². The highest BCUT2D eigenvalue weighted by molar-refractivity contribution is 6.31. The van der Waals surface area contributed by atoms with E-state index in [1.165, 1.54) is 6.33 Å². The van der Waals surface area contributed by atoms with E-state index in [1.807, 2.05) is 6.92 Å². The molecule has 76 valence electrons. The molecule has 0 amide bonds. The van der Waals surface area contributed by atoms with Gasteiger partial charge in [0.05, 0.1) is 6.54 Å². The quantitative estimate of drug-likeness (QED) is 0.666. The molecule has 5 heteroatoms. The van der Waals surface area contributed by atoms with E-state index in [0.717, 1.165) is 18.9 Å². The van der Waals surface area contributed by atoms with Gasteiger partial charge in [0.15, 0.2) is 16.7 Å². The number of halogens is 1. The summed E-state index contributed by atoms with van der Waals surface area (Å²) >= 11 is 5.93. The summed E-state index contributed by atoms with van der Waals surface area (Å²) in [5, 5.41) is 0.389. The highest BCUT2D eigenvalue weighted by Gasteiger charge is 2.25. The Bertz CT molecular complexity index is 345. The predicted octanol–water partition coefficient (Wildman–Crippen LogP) is 1.74. The Hall–Kier alpha value is -1.03. The third-order valence-electron chi connectivity index (χ3n) is 2.22. The second kappa shape index (κ2) is 3.61. The fourth-order valence-corrected chi connectivity index (χ4v) is 1.76. The van der Waals surface area contributed by atoms with E-state index < -0.39 is 0 Å². The van der Waals surface area contributed by atoms with E-state index in [9.17, 15) is 0 Å². The van der Waals surface area contributed by atoms with E-state index in [4.69, 9.17) is 16.3 Å². The smallest absolute Gasteiger partial charge is 0.199 e. The van der Waals surface area contributed by atoms with Crippen LogP contribution in [0.15, 0.2) is 6.33 Å². The molecule has 0 N–H and O–H groups in total. The molecule has 0 aliphatic carbocycles. The maximum Gasteiger partial charge on any atom is 0.199 e. The Morgan fingerprint density at radius 2 is 2.43 bits per heavy atom. The Balaban J connectivity index is 2.45. The average Bonchev–Trinajstić information content (AvgIpc) is 2.18. The number of ether oxygens (including phenoxy) is 1. The second-order valence-corrected chi connectivity index (χ2v) is 3.64. The summed E-state index contributed by atoms with van der Waals surface area (Å²) in [6, 6.07) is 0. The molecular weight excluding hydrogens is 202 g/mol. The van der Waals surface area contributed by atoms with Gasteiger partial charge in [-0.1, -0.05) is 11.6 Å². The van der Waals surface area contributed by atoms with Crippen molar-refractivity contribution in [2.45, 2.75) is 20.0 Å². The zero-order valence-corrected chi connectivity index (χ0v) is 8.95. The maximum absolute atomic E-state index is 5.93. The minimum atomic E-state index is 0.131. The standard InChI is InChI=1S/C9H12ClN3O/c1-3-13-4-6(2)14-7-8(10)11-5-12-9(7)13/h5-6H,3-4H2,1-2H3. The van der Waals surface area contributed by atoms with Crippen LogP contribution in [0.2, 0.25) is 5.15 Å². The molecule has 0 spiro atoms. The summed E-state index contributed by atoms with van der Waals surface area (Å²) in [6.45, 7) is 5.83. The number of hydrogen-bond acceptors (Lipinski definition) is 4. The van der Waals surface area contributed by atoms with Gasteiger partial charge in [-0.3, -0.25) is 0 Å². The van der Waals surface area contributed by atoms with Crippen molar-refractivity contribution >= 4 is 17.4 Å². The normalized spacial score (nSPS) is 20.2. The van der Waals surface area contributed by atoms with Gasteiger partial charge in [0, 0.05) is 6.54 Å². The van der Waals surface area contributed by atoms with Crippen LogP contribution in [0, 0.1) is 0 Å². The highest BCUT2D eigenvalue weighted by Crippen LogP contribution is 2.35. The van der Waals surface area contributed by atoms with Crippen molar-refractivity contribution in [3.63, 3.8) is 0 Å². The number of rotatable bonds is 1. The van der Waals surface area contributed by atoms with E-state index in [2.05, 4.69) is 21.8 Å². The number of anilines is 1. The monoisotopic (exact) mass is 213 g/mol. The molecule has 0 saturated heterocycles. The summed E-state index contributed by atoms with van der Waals surface area (Å²) in [4.78, 5) is 10.2. The van der Waals surface area contributed by atoms with Crippen molar-refractivity contribution < 1.29 is 4.74 Å². The number of likely N-dealkylation sites (N-methyl/N-ethyl adjacent to an activating group) is 1. The molecule has 1 aliphatic heterocycles. The first-order chi connectivity index (χ1) is 6.72. The summed E-state index contributed by atoms with van der Waals surface area (Å²) < 4.78 is 5.60. The molecule has 14 heavy (non-hydrogen) atoms. The average molecular weight is 214 g/mol. The van der Waals surface area contributed by atoms with E-state index in [0.29, 0.717) is 10.9 Å². The molecule has 1 aromatic rings. The van der Waals surface area contributed by atoms with E-state index in [-0.39, 0.29) is 6.10 Å². The number of aromatic nitrogens is 2. The summed E-state index contributed by atoms with van der Waals surface area (Å²) in [5.41, 5.74) is 0. The van der Waals surface area contributed by atoms with Gasteiger partial charge in [-0.05, 0) is 13.8 Å². The van der Waals surface area contributed by atoms with Gasteiger partial charge in [-0.2, -0.15) is 0 Å². The van der Waals surface area contributed by atoms with Crippen LogP contribution in [0.25, 0.3) is 0 Å². The van der Waals surface area contributed by atoms with Crippen LogP contribution in [0.5, 0.6) is 5.75 Å². The van der Waals surface area contributed by atoms with E-state index >= 15 is 0 Å². The van der Waals surface area contributed by atoms with Gasteiger partial charge < -0.3 is 9.64 Å². The first-order valence-corrected chi connectivity index (χ1v) is 5.02. The van der Waals surface area contributed by atoms with E-state index in [1.54, 1.807) is 0 Å². The van der Waals surface area contributed by atoms with Gasteiger partial charge in [0.1, 0.15) is 12.4 Å². The SMILES string of the molecule is CCN1CC(C)Oc2c(Cl)ncnc21. The zero-order valence-electron chi connectivity index (χ0n) is 8.20. The molecule has 0 bridgehead atoms. The van der Waals surface area contributed by atoms with Crippen LogP contribution in [-0.4, -0.2) is 29.2 Å². The molecule has 0 radical (unpaired) electrons. The Kier molecular flexibility index (Phi) is 2.46. The lowest BCUT2D eigenvalue weighted by Crippen LogP contribution is -2.39. The van der Waals surface area contributed by atoms with Gasteiger partial charge in [0.2, 0.25) is 0 Å². The molecule has 0 aromatic carbocycles. The van der Waals surface area contributed by atoms with Crippen molar-refractivity contribution in [1.29, 1.82) is 0 Å². The fraction of sp³-hybridized carbons (Fsp3) is 0.556. The molecule has 1 unspecified atom stereocenters. The van der Waals surface area contributed by atoms with Crippen molar-refractivity contribution in [1.82, 2.24) is 9.97 Å². The third-order valence-corrected chi connectivity index (χ3v) is 2.49.